The number of pyridine rings is 1. The van der Waals surface area contributed by atoms with Crippen LogP contribution >= 0.6 is 0 Å². The summed E-state index contributed by atoms with van der Waals surface area (Å²) >= 11 is 0. The average Bonchev–Trinajstić information content (AvgIpc) is 2.49. The highest BCUT2D eigenvalue weighted by atomic mass is 19.1. The maximum Gasteiger partial charge on any atom is 0.170 e. The molecule has 1 aliphatic carbocycles. The predicted octanol–water partition coefficient (Wildman–Crippen LogP) is 3.74. The SMILES string of the molecule is CCCNCc1ccnc(N(C)C2CCC(C)CC2)c1F. The molecule has 0 bridgehead atoms. The largest absolute Gasteiger partial charge is 0.354 e. The van der Waals surface area contributed by atoms with Crippen LogP contribution in [0.5, 0.6) is 0 Å². The first kappa shape index (κ1) is 16.2. The first-order valence-corrected chi connectivity index (χ1v) is 8.20. The van der Waals surface area contributed by atoms with Gasteiger partial charge in [0.1, 0.15) is 0 Å². The molecule has 0 aromatic carbocycles. The molecule has 4 heteroatoms. The third-order valence-electron chi connectivity index (χ3n) is 4.56. The monoisotopic (exact) mass is 293 g/mol. The van der Waals surface area contributed by atoms with E-state index in [4.69, 9.17) is 0 Å². The summed E-state index contributed by atoms with van der Waals surface area (Å²) in [5.74, 6) is 1.14. The number of halogens is 1. The molecule has 2 rings (SSSR count). The second-order valence-electron chi connectivity index (χ2n) is 6.31. The van der Waals surface area contributed by atoms with E-state index in [1.165, 1.54) is 12.8 Å². The van der Waals surface area contributed by atoms with Crippen molar-refractivity contribution in [3.8, 4) is 0 Å². The molecule has 0 aliphatic heterocycles. The van der Waals surface area contributed by atoms with Crippen LogP contribution in [-0.4, -0.2) is 24.6 Å². The van der Waals surface area contributed by atoms with Gasteiger partial charge in [-0.05, 0) is 50.6 Å². The quantitative estimate of drug-likeness (QED) is 0.810. The summed E-state index contributed by atoms with van der Waals surface area (Å²) in [7, 11) is 1.98. The van der Waals surface area contributed by atoms with Crippen LogP contribution in [0.3, 0.4) is 0 Å². The van der Waals surface area contributed by atoms with E-state index in [-0.39, 0.29) is 5.82 Å². The van der Waals surface area contributed by atoms with Gasteiger partial charge in [-0.15, -0.1) is 0 Å². The molecule has 1 aliphatic rings. The van der Waals surface area contributed by atoms with Crippen molar-refractivity contribution in [1.29, 1.82) is 0 Å². The molecule has 0 unspecified atom stereocenters. The van der Waals surface area contributed by atoms with Crippen molar-refractivity contribution in [2.75, 3.05) is 18.5 Å². The Balaban J connectivity index is 2.06. The lowest BCUT2D eigenvalue weighted by Crippen LogP contribution is -2.36. The Bertz CT molecular complexity index is 442. The van der Waals surface area contributed by atoms with Crippen molar-refractivity contribution in [2.24, 2.45) is 5.92 Å². The number of nitrogens with one attached hydrogen (secondary N) is 1. The van der Waals surface area contributed by atoms with Crippen LogP contribution in [0.25, 0.3) is 0 Å². The van der Waals surface area contributed by atoms with E-state index in [1.807, 2.05) is 11.9 Å². The highest BCUT2D eigenvalue weighted by Crippen LogP contribution is 2.30. The fraction of sp³-hybridized carbons (Fsp3) is 0.706. The highest BCUT2D eigenvalue weighted by molar-refractivity contribution is 5.43. The molecule has 0 spiro atoms. The summed E-state index contributed by atoms with van der Waals surface area (Å²) in [4.78, 5) is 6.33. The number of anilines is 1. The predicted molar refractivity (Wildman–Crippen MR) is 86.0 cm³/mol. The number of aromatic nitrogens is 1. The summed E-state index contributed by atoms with van der Waals surface area (Å²) in [6.45, 7) is 5.90. The molecule has 1 N–H and O–H groups in total. The van der Waals surface area contributed by atoms with Gasteiger partial charge in [0.05, 0.1) is 0 Å². The molecule has 0 radical (unpaired) electrons. The van der Waals surface area contributed by atoms with Crippen molar-refractivity contribution in [1.82, 2.24) is 10.3 Å². The summed E-state index contributed by atoms with van der Waals surface area (Å²) < 4.78 is 14.6. The third-order valence-corrected chi connectivity index (χ3v) is 4.56. The van der Waals surface area contributed by atoms with Crippen LogP contribution in [0.4, 0.5) is 10.2 Å². The topological polar surface area (TPSA) is 28.2 Å². The van der Waals surface area contributed by atoms with Crippen molar-refractivity contribution < 1.29 is 4.39 Å². The molecule has 0 amide bonds. The van der Waals surface area contributed by atoms with Gasteiger partial charge in [0.15, 0.2) is 11.6 Å². The van der Waals surface area contributed by atoms with Crippen molar-refractivity contribution in [3.05, 3.63) is 23.6 Å². The Morgan fingerprint density at radius 2 is 2.05 bits per heavy atom. The Morgan fingerprint density at radius 3 is 2.71 bits per heavy atom. The van der Waals surface area contributed by atoms with Gasteiger partial charge in [-0.1, -0.05) is 13.8 Å². The van der Waals surface area contributed by atoms with E-state index in [0.717, 1.165) is 31.7 Å². The van der Waals surface area contributed by atoms with Gasteiger partial charge in [0, 0.05) is 31.4 Å². The molecule has 0 saturated heterocycles. The first-order valence-electron chi connectivity index (χ1n) is 8.20. The highest BCUT2D eigenvalue weighted by Gasteiger charge is 2.24. The molecule has 21 heavy (non-hydrogen) atoms. The van der Waals surface area contributed by atoms with E-state index >= 15 is 0 Å². The molecule has 0 atom stereocenters. The third kappa shape index (κ3) is 4.16. The summed E-state index contributed by atoms with van der Waals surface area (Å²) in [5.41, 5.74) is 0.712. The van der Waals surface area contributed by atoms with Gasteiger partial charge < -0.3 is 10.2 Å². The van der Waals surface area contributed by atoms with Crippen molar-refractivity contribution >= 4 is 5.82 Å². The Hall–Kier alpha value is -1.16. The van der Waals surface area contributed by atoms with Crippen LogP contribution in [0, 0.1) is 11.7 Å². The molecule has 118 valence electrons. The zero-order valence-corrected chi connectivity index (χ0v) is 13.5. The summed E-state index contributed by atoms with van der Waals surface area (Å²) in [6, 6.07) is 2.19. The maximum absolute atomic E-state index is 14.6. The maximum atomic E-state index is 14.6. The van der Waals surface area contributed by atoms with Gasteiger partial charge in [0.2, 0.25) is 0 Å². The van der Waals surface area contributed by atoms with Gasteiger partial charge in [-0.25, -0.2) is 9.37 Å². The average molecular weight is 293 g/mol. The molecular weight excluding hydrogens is 265 g/mol. The van der Waals surface area contributed by atoms with E-state index in [9.17, 15) is 4.39 Å². The number of hydrogen-bond acceptors (Lipinski definition) is 3. The lowest BCUT2D eigenvalue weighted by molar-refractivity contribution is 0.338. The zero-order valence-electron chi connectivity index (χ0n) is 13.5. The van der Waals surface area contributed by atoms with Gasteiger partial charge >= 0.3 is 0 Å². The smallest absolute Gasteiger partial charge is 0.170 e. The molecule has 3 nitrogen and oxygen atoms in total. The molecule has 1 aromatic rings. The summed E-state index contributed by atoms with van der Waals surface area (Å²) in [5, 5.41) is 3.26. The molecular formula is C17H28FN3. The Labute approximate surface area is 127 Å². The Morgan fingerprint density at radius 1 is 1.33 bits per heavy atom. The molecule has 1 heterocycles. The number of nitrogens with zero attached hydrogens (tertiary/aromatic N) is 2. The second-order valence-corrected chi connectivity index (χ2v) is 6.31. The molecule has 1 fully saturated rings. The van der Waals surface area contributed by atoms with Crippen LogP contribution in [-0.2, 0) is 6.54 Å². The van der Waals surface area contributed by atoms with Gasteiger partial charge in [-0.2, -0.15) is 0 Å². The second kappa shape index (κ2) is 7.74. The van der Waals surface area contributed by atoms with Crippen molar-refractivity contribution in [2.45, 2.75) is 58.5 Å². The van der Waals surface area contributed by atoms with E-state index in [2.05, 4.69) is 24.1 Å². The lowest BCUT2D eigenvalue weighted by Gasteiger charge is -2.34. The van der Waals surface area contributed by atoms with Crippen LogP contribution in [0.2, 0.25) is 0 Å². The van der Waals surface area contributed by atoms with E-state index < -0.39 is 0 Å². The van der Waals surface area contributed by atoms with E-state index in [0.29, 0.717) is 24.0 Å². The minimum absolute atomic E-state index is 0.165. The van der Waals surface area contributed by atoms with Crippen LogP contribution in [0.1, 0.15) is 51.5 Å². The standard InChI is InChI=1S/C17H28FN3/c1-4-10-19-12-14-9-11-20-17(16(14)18)21(3)15-7-5-13(2)6-8-15/h9,11,13,15,19H,4-8,10,12H2,1-3H3. The first-order chi connectivity index (χ1) is 10.1. The molecule has 1 saturated carbocycles. The summed E-state index contributed by atoms with van der Waals surface area (Å²) in [6.07, 6.45) is 7.51. The minimum Gasteiger partial charge on any atom is -0.354 e. The van der Waals surface area contributed by atoms with Gasteiger partial charge in [-0.3, -0.25) is 0 Å². The lowest BCUT2D eigenvalue weighted by atomic mass is 9.87. The number of hydrogen-bond donors (Lipinski definition) is 1. The number of rotatable bonds is 6. The Kier molecular flexibility index (Phi) is 5.97. The fourth-order valence-electron chi connectivity index (χ4n) is 3.06. The minimum atomic E-state index is -0.165. The van der Waals surface area contributed by atoms with Gasteiger partial charge in [0.25, 0.3) is 0 Å². The van der Waals surface area contributed by atoms with E-state index in [1.54, 1.807) is 12.3 Å². The molecule has 1 aromatic heterocycles. The fourth-order valence-corrected chi connectivity index (χ4v) is 3.06. The van der Waals surface area contributed by atoms with Crippen LogP contribution in [0.15, 0.2) is 12.3 Å². The normalized spacial score (nSPS) is 22.3. The van der Waals surface area contributed by atoms with Crippen LogP contribution < -0.4 is 10.2 Å². The van der Waals surface area contributed by atoms with Crippen molar-refractivity contribution in [3.63, 3.8) is 0 Å². The zero-order chi connectivity index (χ0) is 15.2.